The van der Waals surface area contributed by atoms with E-state index in [4.69, 9.17) is 10.2 Å². The van der Waals surface area contributed by atoms with E-state index in [1.807, 2.05) is 0 Å². The average Bonchev–Trinajstić information content (AvgIpc) is 2.92. The van der Waals surface area contributed by atoms with Crippen LogP contribution in [0.5, 0.6) is 0 Å². The first kappa shape index (κ1) is 41.9. The van der Waals surface area contributed by atoms with Crippen LogP contribution >= 0.6 is 0 Å². The van der Waals surface area contributed by atoms with Crippen LogP contribution in [0.3, 0.4) is 0 Å². The molecule has 0 heterocycles. The summed E-state index contributed by atoms with van der Waals surface area (Å²) in [5, 5.41) is 18.1. The Balaban J connectivity index is 3.71. The Kier molecular flexibility index (Phi) is 28.3. The third-order valence-corrected chi connectivity index (χ3v) is 10.8. The van der Waals surface area contributed by atoms with Crippen LogP contribution in [0.1, 0.15) is 197 Å². The smallest absolute Gasteiger partial charge is 0.0433 e. The van der Waals surface area contributed by atoms with E-state index in [0.717, 1.165) is 48.3 Å². The molecule has 0 amide bonds. The van der Waals surface area contributed by atoms with E-state index >= 15 is 0 Å². The highest BCUT2D eigenvalue weighted by atomic mass is 16.3. The Bertz CT molecular complexity index is 500. The van der Waals surface area contributed by atoms with Crippen molar-refractivity contribution in [1.82, 2.24) is 0 Å². The van der Waals surface area contributed by atoms with Gasteiger partial charge in [-0.2, -0.15) is 0 Å². The Labute approximate surface area is 267 Å². The molecule has 0 aromatic heterocycles. The van der Waals surface area contributed by atoms with Crippen LogP contribution in [0.15, 0.2) is 0 Å². The lowest BCUT2D eigenvalue weighted by Gasteiger charge is -2.18. The van der Waals surface area contributed by atoms with Crippen molar-refractivity contribution in [2.24, 2.45) is 47.3 Å². The zero-order chi connectivity index (χ0) is 31.6. The van der Waals surface area contributed by atoms with Gasteiger partial charge in [0.1, 0.15) is 0 Å². The predicted molar refractivity (Wildman–Crippen MR) is 189 cm³/mol. The van der Waals surface area contributed by atoms with Crippen LogP contribution in [0.25, 0.3) is 0 Å². The van der Waals surface area contributed by atoms with Gasteiger partial charge < -0.3 is 10.2 Å². The quantitative estimate of drug-likeness (QED) is 0.0838. The molecule has 0 saturated carbocycles. The lowest BCUT2D eigenvalue weighted by atomic mass is 9.88. The fourth-order valence-corrected chi connectivity index (χ4v) is 7.05. The second-order valence-electron chi connectivity index (χ2n) is 16.0. The normalized spacial score (nSPS) is 17.9. The summed E-state index contributed by atoms with van der Waals surface area (Å²) in [4.78, 5) is 0. The molecule has 0 fully saturated rings. The molecule has 0 aromatic rings. The van der Waals surface area contributed by atoms with E-state index in [1.54, 1.807) is 0 Å². The average molecular weight is 595 g/mol. The minimum atomic E-state index is 0.348. The minimum Gasteiger partial charge on any atom is -0.396 e. The van der Waals surface area contributed by atoms with Crippen LogP contribution in [-0.4, -0.2) is 23.4 Å². The molecule has 0 saturated heterocycles. The lowest BCUT2D eigenvalue weighted by molar-refractivity contribution is 0.254. The molecule has 8 atom stereocenters. The number of hydrogen-bond donors (Lipinski definition) is 2. The molecule has 42 heavy (non-hydrogen) atoms. The van der Waals surface area contributed by atoms with Gasteiger partial charge in [0.2, 0.25) is 0 Å². The molecule has 0 radical (unpaired) electrons. The zero-order valence-corrected chi connectivity index (χ0v) is 30.5. The van der Waals surface area contributed by atoms with Crippen molar-refractivity contribution in [3.8, 4) is 0 Å². The summed E-state index contributed by atoms with van der Waals surface area (Å²) in [5.74, 6) is 6.68. The maximum Gasteiger partial charge on any atom is 0.0433 e. The van der Waals surface area contributed by atoms with E-state index in [9.17, 15) is 0 Å². The maximum absolute atomic E-state index is 9.06. The van der Waals surface area contributed by atoms with Crippen LogP contribution in [0.4, 0.5) is 0 Å². The number of hydrogen-bond acceptors (Lipinski definition) is 2. The molecule has 2 heteroatoms. The summed E-state index contributed by atoms with van der Waals surface area (Å²) in [7, 11) is 0. The first-order chi connectivity index (χ1) is 20.1. The fraction of sp³-hybridized carbons (Fsp3) is 1.00. The molecule has 0 aliphatic rings. The maximum atomic E-state index is 9.06. The van der Waals surface area contributed by atoms with Gasteiger partial charge in [0.25, 0.3) is 0 Å². The van der Waals surface area contributed by atoms with Crippen LogP contribution < -0.4 is 0 Å². The Morgan fingerprint density at radius 3 is 0.548 bits per heavy atom. The van der Waals surface area contributed by atoms with Gasteiger partial charge in [-0.1, -0.05) is 184 Å². The zero-order valence-electron chi connectivity index (χ0n) is 30.5. The van der Waals surface area contributed by atoms with Gasteiger partial charge in [0.15, 0.2) is 0 Å². The molecule has 0 aliphatic carbocycles. The van der Waals surface area contributed by atoms with Crippen molar-refractivity contribution in [3.63, 3.8) is 0 Å². The van der Waals surface area contributed by atoms with Crippen molar-refractivity contribution < 1.29 is 10.2 Å². The van der Waals surface area contributed by atoms with E-state index < -0.39 is 0 Å². The van der Waals surface area contributed by atoms with Gasteiger partial charge in [-0.3, -0.25) is 0 Å². The highest BCUT2D eigenvalue weighted by Gasteiger charge is 2.12. The number of rotatable bonds is 31. The van der Waals surface area contributed by atoms with Crippen LogP contribution in [0, 0.1) is 47.3 Å². The second-order valence-corrected chi connectivity index (χ2v) is 16.0. The molecule has 0 bridgehead atoms. The van der Waals surface area contributed by atoms with E-state index in [2.05, 4.69) is 55.4 Å². The van der Waals surface area contributed by atoms with Crippen LogP contribution in [0.2, 0.25) is 0 Å². The molecule has 0 aliphatic heterocycles. The van der Waals surface area contributed by atoms with E-state index in [-0.39, 0.29) is 0 Å². The van der Waals surface area contributed by atoms with E-state index in [1.165, 1.54) is 128 Å². The van der Waals surface area contributed by atoms with Gasteiger partial charge in [0.05, 0.1) is 0 Å². The highest BCUT2D eigenvalue weighted by molar-refractivity contribution is 4.65. The monoisotopic (exact) mass is 595 g/mol. The molecule has 2 N–H and O–H groups in total. The third-order valence-electron chi connectivity index (χ3n) is 10.8. The molecule has 8 unspecified atom stereocenters. The van der Waals surface area contributed by atoms with Crippen molar-refractivity contribution in [2.75, 3.05) is 13.2 Å². The fourth-order valence-electron chi connectivity index (χ4n) is 7.05. The Hall–Kier alpha value is -0.0800. The second kappa shape index (κ2) is 28.4. The van der Waals surface area contributed by atoms with Gasteiger partial charge in [0, 0.05) is 13.2 Å². The highest BCUT2D eigenvalue weighted by Crippen LogP contribution is 2.26. The predicted octanol–water partition coefficient (Wildman–Crippen LogP) is 12.6. The molecule has 0 spiro atoms. The molecular weight excluding hydrogens is 512 g/mol. The lowest BCUT2D eigenvalue weighted by Crippen LogP contribution is -2.04. The Morgan fingerprint density at radius 1 is 0.238 bits per heavy atom. The summed E-state index contributed by atoms with van der Waals surface area (Å²) in [5.41, 5.74) is 0. The minimum absolute atomic E-state index is 0.348. The molecule has 254 valence electrons. The van der Waals surface area contributed by atoms with Gasteiger partial charge >= 0.3 is 0 Å². The summed E-state index contributed by atoms with van der Waals surface area (Å²) in [6, 6.07) is 0. The van der Waals surface area contributed by atoms with Crippen LogP contribution in [-0.2, 0) is 0 Å². The summed E-state index contributed by atoms with van der Waals surface area (Å²) >= 11 is 0. The van der Waals surface area contributed by atoms with Crippen molar-refractivity contribution in [3.05, 3.63) is 0 Å². The molecular formula is C40H82O2. The Morgan fingerprint density at radius 2 is 0.381 bits per heavy atom. The van der Waals surface area contributed by atoms with E-state index in [0.29, 0.717) is 25.0 Å². The SMILES string of the molecule is CC(CCO)CCCC(C)CCCC(C)CCCC(C)CCC(C)CCCC(C)CCCC(C)CCCC(C)CCO. The standard InChI is InChI=1S/C40H82O2/c1-33(15-9-17-35(3)21-13-25-39(7)29-31-41)19-11-23-37(5)27-28-38(6)24-12-20-34(2)16-10-18-36(4)22-14-26-40(8)30-32-42/h33-42H,9-32H2,1-8H3. The van der Waals surface area contributed by atoms with Crippen molar-refractivity contribution in [1.29, 1.82) is 0 Å². The number of aliphatic hydroxyl groups excluding tert-OH is 2. The first-order valence-corrected chi connectivity index (χ1v) is 19.3. The van der Waals surface area contributed by atoms with Crippen molar-refractivity contribution in [2.45, 2.75) is 197 Å². The molecule has 2 nitrogen and oxygen atoms in total. The third kappa shape index (κ3) is 27.5. The summed E-state index contributed by atoms with van der Waals surface area (Å²) in [6.07, 6.45) is 29.8. The topological polar surface area (TPSA) is 40.5 Å². The summed E-state index contributed by atoms with van der Waals surface area (Å²) in [6.45, 7) is 20.1. The molecule has 0 rings (SSSR count). The van der Waals surface area contributed by atoms with Gasteiger partial charge in [-0.05, 0) is 60.2 Å². The first-order valence-electron chi connectivity index (χ1n) is 19.3. The molecule has 0 aromatic carbocycles. The van der Waals surface area contributed by atoms with Gasteiger partial charge in [-0.15, -0.1) is 0 Å². The van der Waals surface area contributed by atoms with Gasteiger partial charge in [-0.25, -0.2) is 0 Å². The van der Waals surface area contributed by atoms with Crippen molar-refractivity contribution >= 4 is 0 Å². The largest absolute Gasteiger partial charge is 0.396 e. The number of aliphatic hydroxyl groups is 2. The summed E-state index contributed by atoms with van der Waals surface area (Å²) < 4.78 is 0.